The number of nitrogen functional groups attached to an aromatic ring is 1. The van der Waals surface area contributed by atoms with E-state index in [-0.39, 0.29) is 19.1 Å². The summed E-state index contributed by atoms with van der Waals surface area (Å²) in [4.78, 5) is 11.8. The lowest BCUT2D eigenvalue weighted by molar-refractivity contribution is -0.145. The Balaban J connectivity index is 1.96. The summed E-state index contributed by atoms with van der Waals surface area (Å²) in [7, 11) is 0. The Labute approximate surface area is 125 Å². The topological polar surface area (TPSA) is 70.1 Å². The van der Waals surface area contributed by atoms with E-state index < -0.39 is 0 Å². The van der Waals surface area contributed by atoms with E-state index in [1.54, 1.807) is 4.68 Å². The summed E-state index contributed by atoms with van der Waals surface area (Å²) in [5.74, 6) is -0.341. The Morgan fingerprint density at radius 3 is 2.70 bits per heavy atom. The van der Waals surface area contributed by atoms with Gasteiger partial charge in [-0.15, -0.1) is 0 Å². The zero-order valence-corrected chi connectivity index (χ0v) is 13.0. The predicted molar refractivity (Wildman–Crippen MR) is 80.1 cm³/mol. The third-order valence-corrected chi connectivity index (χ3v) is 3.84. The lowest BCUT2D eigenvalue weighted by Crippen LogP contribution is -2.15. The highest BCUT2D eigenvalue weighted by atomic mass is 79.9. The molecule has 0 aliphatic carbocycles. The number of esters is 1. The monoisotopic (exact) mass is 337 g/mol. The van der Waals surface area contributed by atoms with Gasteiger partial charge >= 0.3 is 5.97 Å². The summed E-state index contributed by atoms with van der Waals surface area (Å²) in [6.07, 6.45) is 0. The van der Waals surface area contributed by atoms with Crippen molar-refractivity contribution >= 4 is 27.6 Å². The van der Waals surface area contributed by atoms with Crippen LogP contribution in [0.15, 0.2) is 28.7 Å². The number of benzene rings is 1. The summed E-state index contributed by atoms with van der Waals surface area (Å²) in [5, 5.41) is 4.20. The minimum absolute atomic E-state index is 0.0638. The molecule has 2 N–H and O–H groups in total. The highest BCUT2D eigenvalue weighted by Crippen LogP contribution is 2.17. The molecule has 0 bridgehead atoms. The second-order valence-electron chi connectivity index (χ2n) is 4.49. The van der Waals surface area contributed by atoms with E-state index >= 15 is 0 Å². The van der Waals surface area contributed by atoms with Crippen LogP contribution in [0.2, 0.25) is 0 Å². The molecule has 0 fully saturated rings. The molecule has 20 heavy (non-hydrogen) atoms. The van der Waals surface area contributed by atoms with Gasteiger partial charge in [-0.25, -0.2) is 0 Å². The van der Waals surface area contributed by atoms with Crippen LogP contribution in [0.4, 0.5) is 5.69 Å². The molecular formula is C14H16BrN3O2. The molecule has 0 unspecified atom stereocenters. The van der Waals surface area contributed by atoms with Gasteiger partial charge in [0.05, 0.1) is 17.1 Å². The van der Waals surface area contributed by atoms with Gasteiger partial charge in [0.2, 0.25) is 0 Å². The van der Waals surface area contributed by atoms with Crippen LogP contribution in [0, 0.1) is 13.8 Å². The molecule has 0 amide bonds. The maximum atomic E-state index is 11.8. The molecule has 2 aromatic rings. The number of hydrogen-bond donors (Lipinski definition) is 1. The number of carbonyl (C=O) groups is 1. The Morgan fingerprint density at radius 1 is 1.40 bits per heavy atom. The number of aromatic nitrogens is 2. The van der Waals surface area contributed by atoms with Crippen LogP contribution in [0.25, 0.3) is 0 Å². The number of nitrogens with zero attached hydrogens (tertiary/aromatic N) is 2. The number of halogens is 1. The smallest absolute Gasteiger partial charge is 0.328 e. The van der Waals surface area contributed by atoms with Gasteiger partial charge in [-0.1, -0.05) is 34.1 Å². The summed E-state index contributed by atoms with van der Waals surface area (Å²) < 4.78 is 7.73. The average molecular weight is 338 g/mol. The van der Waals surface area contributed by atoms with Crippen LogP contribution in [0.5, 0.6) is 0 Å². The van der Waals surface area contributed by atoms with Gasteiger partial charge in [0, 0.05) is 10.0 Å². The summed E-state index contributed by atoms with van der Waals surface area (Å²) in [6.45, 7) is 3.94. The SMILES string of the molecule is Cc1nn(CC(=O)OCc2ccccc2Br)c(C)c1N. The van der Waals surface area contributed by atoms with E-state index in [2.05, 4.69) is 21.0 Å². The number of aryl methyl sites for hydroxylation is 1. The normalized spacial score (nSPS) is 10.6. The van der Waals surface area contributed by atoms with Crippen LogP contribution in [0.1, 0.15) is 17.0 Å². The van der Waals surface area contributed by atoms with E-state index in [9.17, 15) is 4.79 Å². The molecule has 5 nitrogen and oxygen atoms in total. The number of ether oxygens (including phenoxy) is 1. The van der Waals surface area contributed by atoms with Crippen LogP contribution in [-0.2, 0) is 22.7 Å². The second-order valence-corrected chi connectivity index (χ2v) is 5.35. The largest absolute Gasteiger partial charge is 0.459 e. The highest BCUT2D eigenvalue weighted by molar-refractivity contribution is 9.10. The Hall–Kier alpha value is -1.82. The van der Waals surface area contributed by atoms with E-state index in [0.717, 1.165) is 21.4 Å². The van der Waals surface area contributed by atoms with Gasteiger partial charge in [0.25, 0.3) is 0 Å². The van der Waals surface area contributed by atoms with Crippen molar-refractivity contribution in [3.05, 3.63) is 45.7 Å². The standard InChI is InChI=1S/C14H16BrN3O2/c1-9-14(16)10(2)18(17-9)7-13(19)20-8-11-5-3-4-6-12(11)15/h3-6H,7-8,16H2,1-2H3. The van der Waals surface area contributed by atoms with Crippen LogP contribution in [0.3, 0.4) is 0 Å². The molecule has 1 heterocycles. The first-order valence-corrected chi connectivity index (χ1v) is 6.97. The first-order valence-electron chi connectivity index (χ1n) is 6.17. The Morgan fingerprint density at radius 2 is 2.10 bits per heavy atom. The predicted octanol–water partition coefficient (Wildman–Crippen LogP) is 2.59. The zero-order chi connectivity index (χ0) is 14.7. The fourth-order valence-electron chi connectivity index (χ4n) is 1.81. The number of anilines is 1. The van der Waals surface area contributed by atoms with E-state index in [4.69, 9.17) is 10.5 Å². The Kier molecular flexibility index (Phi) is 4.44. The van der Waals surface area contributed by atoms with Crippen LogP contribution >= 0.6 is 15.9 Å². The van der Waals surface area contributed by atoms with Crippen molar-refractivity contribution in [2.45, 2.75) is 27.0 Å². The second kappa shape index (κ2) is 6.09. The van der Waals surface area contributed by atoms with Crippen molar-refractivity contribution in [1.82, 2.24) is 9.78 Å². The molecule has 0 aliphatic heterocycles. The molecule has 0 saturated carbocycles. The van der Waals surface area contributed by atoms with Gasteiger partial charge in [0.1, 0.15) is 13.2 Å². The number of carbonyl (C=O) groups excluding carboxylic acids is 1. The molecule has 0 saturated heterocycles. The molecular weight excluding hydrogens is 322 g/mol. The summed E-state index contributed by atoms with van der Waals surface area (Å²) in [6, 6.07) is 7.62. The molecule has 6 heteroatoms. The molecule has 0 aliphatic rings. The molecule has 0 radical (unpaired) electrons. The molecule has 0 spiro atoms. The molecule has 1 aromatic heterocycles. The number of nitrogens with two attached hydrogens (primary N) is 1. The number of hydrogen-bond acceptors (Lipinski definition) is 4. The molecule has 0 atom stereocenters. The maximum absolute atomic E-state index is 11.8. The average Bonchev–Trinajstić information content (AvgIpc) is 2.65. The first-order chi connectivity index (χ1) is 9.49. The quantitative estimate of drug-likeness (QED) is 0.870. The lowest BCUT2D eigenvalue weighted by Gasteiger charge is -2.07. The van der Waals surface area contributed by atoms with Crippen LogP contribution in [-0.4, -0.2) is 15.7 Å². The van der Waals surface area contributed by atoms with Gasteiger partial charge in [-0.2, -0.15) is 5.10 Å². The van der Waals surface area contributed by atoms with Crippen molar-refractivity contribution in [1.29, 1.82) is 0 Å². The summed E-state index contributed by atoms with van der Waals surface area (Å²) in [5.41, 5.74) is 8.86. The molecule has 1 aromatic carbocycles. The minimum Gasteiger partial charge on any atom is -0.459 e. The minimum atomic E-state index is -0.341. The van der Waals surface area contributed by atoms with Gasteiger partial charge in [0.15, 0.2) is 0 Å². The fraction of sp³-hybridized carbons (Fsp3) is 0.286. The van der Waals surface area contributed by atoms with Gasteiger partial charge in [-0.3, -0.25) is 9.48 Å². The molecule has 2 rings (SSSR count). The van der Waals surface area contributed by atoms with E-state index in [1.165, 1.54) is 0 Å². The van der Waals surface area contributed by atoms with Crippen molar-refractivity contribution in [2.75, 3.05) is 5.73 Å². The maximum Gasteiger partial charge on any atom is 0.328 e. The van der Waals surface area contributed by atoms with Crippen molar-refractivity contribution in [3.63, 3.8) is 0 Å². The third kappa shape index (κ3) is 3.19. The summed E-state index contributed by atoms with van der Waals surface area (Å²) >= 11 is 3.41. The highest BCUT2D eigenvalue weighted by Gasteiger charge is 2.12. The zero-order valence-electron chi connectivity index (χ0n) is 11.4. The Bertz CT molecular complexity index is 637. The number of rotatable bonds is 4. The molecule has 106 valence electrons. The van der Waals surface area contributed by atoms with Crippen molar-refractivity contribution in [3.8, 4) is 0 Å². The third-order valence-electron chi connectivity index (χ3n) is 3.06. The fourth-order valence-corrected chi connectivity index (χ4v) is 2.21. The van der Waals surface area contributed by atoms with Gasteiger partial charge < -0.3 is 10.5 Å². The van der Waals surface area contributed by atoms with Gasteiger partial charge in [-0.05, 0) is 19.9 Å². The van der Waals surface area contributed by atoms with Crippen molar-refractivity contribution in [2.24, 2.45) is 0 Å². The van der Waals surface area contributed by atoms with Crippen molar-refractivity contribution < 1.29 is 9.53 Å². The van der Waals surface area contributed by atoms with E-state index in [1.807, 2.05) is 38.1 Å². The lowest BCUT2D eigenvalue weighted by atomic mass is 10.2. The van der Waals surface area contributed by atoms with E-state index in [0.29, 0.717) is 5.69 Å². The first kappa shape index (κ1) is 14.6. The van der Waals surface area contributed by atoms with Crippen LogP contribution < -0.4 is 5.73 Å².